The van der Waals surface area contributed by atoms with Crippen LogP contribution in [-0.4, -0.2) is 29.7 Å². The molecule has 4 rings (SSSR count). The number of nitrogens with zero attached hydrogens (tertiary/aromatic N) is 2. The van der Waals surface area contributed by atoms with Crippen LogP contribution in [0.4, 0.5) is 0 Å². The van der Waals surface area contributed by atoms with E-state index in [0.29, 0.717) is 34.8 Å². The van der Waals surface area contributed by atoms with Crippen molar-refractivity contribution in [2.24, 2.45) is 5.10 Å². The Morgan fingerprint density at radius 1 is 1.03 bits per heavy atom. The number of carbonyl (C=O) groups is 2. The van der Waals surface area contributed by atoms with Crippen molar-refractivity contribution in [3.63, 3.8) is 0 Å². The first-order valence-electron chi connectivity index (χ1n) is 10.0. The zero-order chi connectivity index (χ0) is 22.7. The van der Waals surface area contributed by atoms with E-state index in [4.69, 9.17) is 14.6 Å². The highest BCUT2D eigenvalue weighted by molar-refractivity contribution is 9.10. The van der Waals surface area contributed by atoms with Crippen molar-refractivity contribution in [3.8, 4) is 11.5 Å². The van der Waals surface area contributed by atoms with Gasteiger partial charge in [0.15, 0.2) is 0 Å². The van der Waals surface area contributed by atoms with Crippen LogP contribution in [0.1, 0.15) is 40.9 Å². The Hall–Kier alpha value is -3.45. The van der Waals surface area contributed by atoms with Crippen LogP contribution < -0.4 is 9.47 Å². The third kappa shape index (κ3) is 4.57. The Labute approximate surface area is 194 Å². The highest BCUT2D eigenvalue weighted by atomic mass is 79.9. The number of hydrazone groups is 1. The van der Waals surface area contributed by atoms with Crippen LogP contribution in [0.3, 0.4) is 0 Å². The molecule has 3 aromatic carbocycles. The molecule has 1 amide bonds. The SMILES string of the molecule is COc1ccc(C2=NN(C(=O)c3ccccc3)[C@H](c3ccc(Br)cc3)C2)c(OC(C)=O)c1. The Bertz CT molecular complexity index is 1180. The molecule has 0 bridgehead atoms. The van der Waals surface area contributed by atoms with Crippen LogP contribution in [0.2, 0.25) is 0 Å². The summed E-state index contributed by atoms with van der Waals surface area (Å²) in [6.07, 6.45) is 0.473. The van der Waals surface area contributed by atoms with E-state index < -0.39 is 5.97 Å². The third-order valence-corrected chi connectivity index (χ3v) is 5.68. The van der Waals surface area contributed by atoms with Crippen LogP contribution in [0.15, 0.2) is 82.4 Å². The predicted molar refractivity (Wildman–Crippen MR) is 125 cm³/mol. The normalized spacial score (nSPS) is 15.3. The van der Waals surface area contributed by atoms with Gasteiger partial charge in [-0.05, 0) is 42.0 Å². The fraction of sp³-hybridized carbons (Fsp3) is 0.160. The molecule has 0 radical (unpaired) electrons. The lowest BCUT2D eigenvalue weighted by Gasteiger charge is -2.22. The summed E-state index contributed by atoms with van der Waals surface area (Å²) in [7, 11) is 1.55. The number of carbonyl (C=O) groups excluding carboxylic acids is 2. The smallest absolute Gasteiger partial charge is 0.308 e. The van der Waals surface area contributed by atoms with Crippen molar-refractivity contribution in [1.82, 2.24) is 5.01 Å². The minimum atomic E-state index is -0.445. The molecule has 0 fully saturated rings. The molecule has 1 atom stereocenters. The number of hydrogen-bond donors (Lipinski definition) is 0. The molecular weight excluding hydrogens is 472 g/mol. The Morgan fingerprint density at radius 3 is 2.41 bits per heavy atom. The molecular formula is C25H21BrN2O4. The lowest BCUT2D eigenvalue weighted by molar-refractivity contribution is -0.131. The number of benzene rings is 3. The van der Waals surface area contributed by atoms with E-state index >= 15 is 0 Å². The monoisotopic (exact) mass is 492 g/mol. The molecule has 6 nitrogen and oxygen atoms in total. The van der Waals surface area contributed by atoms with Gasteiger partial charge in [0.05, 0.1) is 18.9 Å². The van der Waals surface area contributed by atoms with Crippen LogP contribution >= 0.6 is 15.9 Å². The molecule has 1 aliphatic heterocycles. The number of methoxy groups -OCH3 is 1. The van der Waals surface area contributed by atoms with Crippen LogP contribution in [0, 0.1) is 0 Å². The quantitative estimate of drug-likeness (QED) is 0.354. The maximum absolute atomic E-state index is 13.3. The molecule has 0 spiro atoms. The van der Waals surface area contributed by atoms with E-state index in [9.17, 15) is 9.59 Å². The second-order valence-corrected chi connectivity index (χ2v) is 8.21. The Balaban J connectivity index is 1.77. The Kier molecular flexibility index (Phi) is 6.37. The second kappa shape index (κ2) is 9.36. The van der Waals surface area contributed by atoms with Crippen LogP contribution in [0.25, 0.3) is 0 Å². The Morgan fingerprint density at radius 2 is 1.75 bits per heavy atom. The molecule has 0 saturated heterocycles. The van der Waals surface area contributed by atoms with Crippen molar-refractivity contribution >= 4 is 33.5 Å². The van der Waals surface area contributed by atoms with Crippen LogP contribution in [0.5, 0.6) is 11.5 Å². The van der Waals surface area contributed by atoms with Gasteiger partial charge in [0.1, 0.15) is 11.5 Å². The minimum absolute atomic E-state index is 0.198. The maximum atomic E-state index is 13.3. The third-order valence-electron chi connectivity index (χ3n) is 5.15. The molecule has 0 saturated carbocycles. The summed E-state index contributed by atoms with van der Waals surface area (Å²) in [5, 5.41) is 6.20. The summed E-state index contributed by atoms with van der Waals surface area (Å²) in [4.78, 5) is 25.0. The van der Waals surface area contributed by atoms with E-state index in [0.717, 1.165) is 10.0 Å². The van der Waals surface area contributed by atoms with Crippen molar-refractivity contribution in [3.05, 3.63) is 94.0 Å². The topological polar surface area (TPSA) is 68.2 Å². The molecule has 162 valence electrons. The lowest BCUT2D eigenvalue weighted by atomic mass is 9.97. The average Bonchev–Trinajstić information content (AvgIpc) is 3.24. The van der Waals surface area contributed by atoms with Gasteiger partial charge in [-0.2, -0.15) is 5.10 Å². The van der Waals surface area contributed by atoms with E-state index in [1.165, 1.54) is 11.9 Å². The molecule has 0 N–H and O–H groups in total. The van der Waals surface area contributed by atoms with E-state index in [1.54, 1.807) is 37.4 Å². The first-order valence-corrected chi connectivity index (χ1v) is 10.8. The molecule has 0 unspecified atom stereocenters. The highest BCUT2D eigenvalue weighted by Gasteiger charge is 2.34. The first-order chi connectivity index (χ1) is 15.5. The van der Waals surface area contributed by atoms with Crippen molar-refractivity contribution in [2.75, 3.05) is 7.11 Å². The second-order valence-electron chi connectivity index (χ2n) is 7.29. The van der Waals surface area contributed by atoms with Gasteiger partial charge in [-0.25, -0.2) is 5.01 Å². The minimum Gasteiger partial charge on any atom is -0.497 e. The summed E-state index contributed by atoms with van der Waals surface area (Å²) >= 11 is 3.46. The predicted octanol–water partition coefficient (Wildman–Crippen LogP) is 5.37. The lowest BCUT2D eigenvalue weighted by Crippen LogP contribution is -2.27. The number of hydrogen-bond acceptors (Lipinski definition) is 5. The van der Waals surface area contributed by atoms with Gasteiger partial charge >= 0.3 is 5.97 Å². The fourth-order valence-electron chi connectivity index (χ4n) is 3.63. The van der Waals surface area contributed by atoms with Gasteiger partial charge < -0.3 is 9.47 Å². The van der Waals surface area contributed by atoms with Crippen molar-refractivity contribution in [1.29, 1.82) is 0 Å². The molecule has 0 aromatic heterocycles. The summed E-state index contributed by atoms with van der Waals surface area (Å²) in [6.45, 7) is 1.34. The number of halogens is 1. The summed E-state index contributed by atoms with van der Waals surface area (Å²) in [6, 6.07) is 21.8. The maximum Gasteiger partial charge on any atom is 0.308 e. The molecule has 0 aliphatic carbocycles. The average molecular weight is 493 g/mol. The summed E-state index contributed by atoms with van der Waals surface area (Å²) in [5.41, 5.74) is 2.81. The van der Waals surface area contributed by atoms with Gasteiger partial charge in [0.2, 0.25) is 0 Å². The molecule has 7 heteroatoms. The van der Waals surface area contributed by atoms with Gasteiger partial charge in [-0.1, -0.05) is 46.3 Å². The zero-order valence-electron chi connectivity index (χ0n) is 17.6. The standard InChI is InChI=1S/C25H21BrN2O4/c1-16(29)32-24-14-20(31-2)12-13-21(24)22-15-23(17-8-10-19(26)11-9-17)28(27-22)25(30)18-6-4-3-5-7-18/h3-14,23H,15H2,1-2H3/t23-/m0/s1. The van der Waals surface area contributed by atoms with Gasteiger partial charge in [0.25, 0.3) is 5.91 Å². The van der Waals surface area contributed by atoms with Crippen molar-refractivity contribution in [2.45, 2.75) is 19.4 Å². The number of esters is 1. The van der Waals surface area contributed by atoms with Gasteiger partial charge in [0, 0.05) is 35.0 Å². The molecule has 32 heavy (non-hydrogen) atoms. The summed E-state index contributed by atoms with van der Waals surface area (Å²) in [5.74, 6) is 0.264. The molecule has 1 aliphatic rings. The first kappa shape index (κ1) is 21.8. The highest BCUT2D eigenvalue weighted by Crippen LogP contribution is 2.37. The largest absolute Gasteiger partial charge is 0.497 e. The van der Waals surface area contributed by atoms with Gasteiger partial charge in [-0.15, -0.1) is 0 Å². The van der Waals surface area contributed by atoms with Gasteiger partial charge in [-0.3, -0.25) is 9.59 Å². The number of amides is 1. The molecule has 3 aromatic rings. The number of rotatable bonds is 5. The number of ether oxygens (including phenoxy) is 2. The fourth-order valence-corrected chi connectivity index (χ4v) is 3.89. The van der Waals surface area contributed by atoms with Crippen molar-refractivity contribution < 1.29 is 19.1 Å². The summed E-state index contributed by atoms with van der Waals surface area (Å²) < 4.78 is 11.7. The van der Waals surface area contributed by atoms with E-state index in [2.05, 4.69) is 15.9 Å². The van der Waals surface area contributed by atoms with E-state index in [1.807, 2.05) is 42.5 Å². The zero-order valence-corrected chi connectivity index (χ0v) is 19.2. The van der Waals surface area contributed by atoms with E-state index in [-0.39, 0.29) is 11.9 Å². The van der Waals surface area contributed by atoms with Crippen LogP contribution in [-0.2, 0) is 4.79 Å². The molecule has 1 heterocycles.